The fraction of sp³-hybridized carbons (Fsp3) is 0.500. The van der Waals surface area contributed by atoms with Gasteiger partial charge in [-0.1, -0.05) is 32.6 Å². The van der Waals surface area contributed by atoms with Gasteiger partial charge in [-0.2, -0.15) is 0 Å². The van der Waals surface area contributed by atoms with Crippen molar-refractivity contribution in [2.75, 3.05) is 0 Å². The Morgan fingerprint density at radius 1 is 1.56 bits per heavy atom. The number of allylic oxidation sites excluding steroid dienone is 4. The number of rotatable bonds is 3. The minimum atomic E-state index is -0.0232. The molecule has 1 aliphatic heterocycles. The van der Waals surface area contributed by atoms with Crippen molar-refractivity contribution >= 4 is 5.78 Å². The number of hydrogen-bond acceptors (Lipinski definition) is 2. The molecule has 0 aromatic heterocycles. The molecule has 1 unspecified atom stereocenters. The summed E-state index contributed by atoms with van der Waals surface area (Å²) in [6, 6.07) is -0.0232. The first kappa shape index (κ1) is 14.7. The Morgan fingerprint density at radius 3 is 2.62 bits per heavy atom. The van der Waals surface area contributed by atoms with E-state index in [4.69, 9.17) is 0 Å². The summed E-state index contributed by atoms with van der Waals surface area (Å²) in [6.07, 6.45) is 7.62. The van der Waals surface area contributed by atoms with E-state index < -0.39 is 0 Å². The summed E-state index contributed by atoms with van der Waals surface area (Å²) < 4.78 is 0. The van der Waals surface area contributed by atoms with Gasteiger partial charge in [0.1, 0.15) is 0 Å². The molecule has 1 heterocycles. The van der Waals surface area contributed by atoms with E-state index >= 15 is 0 Å². The molecule has 2 heteroatoms. The van der Waals surface area contributed by atoms with Gasteiger partial charge in [0.15, 0.2) is 5.78 Å². The van der Waals surface area contributed by atoms with Gasteiger partial charge in [0.05, 0.1) is 6.04 Å². The zero-order chi connectivity index (χ0) is 12.6. The maximum atomic E-state index is 11.2. The van der Waals surface area contributed by atoms with Crippen molar-refractivity contribution in [3.8, 4) is 0 Å². The van der Waals surface area contributed by atoms with Crippen LogP contribution < -0.4 is 5.32 Å². The summed E-state index contributed by atoms with van der Waals surface area (Å²) in [5.41, 5.74) is 2.23. The summed E-state index contributed by atoms with van der Waals surface area (Å²) >= 11 is 0. The Morgan fingerprint density at radius 2 is 2.19 bits per heavy atom. The molecule has 1 atom stereocenters. The number of Topliss-reactive ketones (excluding diaryl/α,β-unsaturated/α-hetero) is 1. The van der Waals surface area contributed by atoms with Crippen LogP contribution in [0.4, 0.5) is 0 Å². The zero-order valence-electron chi connectivity index (χ0n) is 10.8. The minimum Gasteiger partial charge on any atom is -0.375 e. The van der Waals surface area contributed by atoms with E-state index in [9.17, 15) is 4.79 Å². The lowest BCUT2D eigenvalue weighted by molar-refractivity contribution is -0.119. The van der Waals surface area contributed by atoms with Crippen LogP contribution in [0, 0.1) is 0 Å². The smallest absolute Gasteiger partial charge is 0.151 e. The average Bonchev–Trinajstić information content (AvgIpc) is 2.32. The Labute approximate surface area is 101 Å². The van der Waals surface area contributed by atoms with Crippen molar-refractivity contribution in [2.45, 2.75) is 46.6 Å². The van der Waals surface area contributed by atoms with E-state index in [2.05, 4.69) is 11.9 Å². The molecule has 0 bridgehead atoms. The van der Waals surface area contributed by atoms with E-state index in [-0.39, 0.29) is 13.3 Å². The summed E-state index contributed by atoms with van der Waals surface area (Å²) in [5.74, 6) is 0.204. The standard InChI is InChI=1S/C12H17NO.C2H6.H2/c1-4-6-12-10(5-2)7-8-11(13-12)9(3)14;1-2;/h4-6,11,13H,2,7-8H2,1,3H3;1-2H3;1H/b6-4-;;. The largest absolute Gasteiger partial charge is 0.375 e. The first-order valence-electron chi connectivity index (χ1n) is 5.94. The van der Waals surface area contributed by atoms with E-state index in [0.717, 1.165) is 18.5 Å². The molecule has 1 aliphatic rings. The first-order chi connectivity index (χ1) is 7.69. The van der Waals surface area contributed by atoms with Crippen molar-refractivity contribution < 1.29 is 6.22 Å². The quantitative estimate of drug-likeness (QED) is 0.791. The molecule has 0 saturated heterocycles. The van der Waals surface area contributed by atoms with E-state index in [1.807, 2.05) is 39.0 Å². The predicted molar refractivity (Wildman–Crippen MR) is 72.3 cm³/mol. The van der Waals surface area contributed by atoms with Gasteiger partial charge in [0, 0.05) is 7.12 Å². The highest BCUT2D eigenvalue weighted by atomic mass is 16.1. The van der Waals surface area contributed by atoms with Crippen molar-refractivity contribution in [1.29, 1.82) is 0 Å². The predicted octanol–water partition coefficient (Wildman–Crippen LogP) is 3.62. The third-order valence-electron chi connectivity index (χ3n) is 2.45. The second kappa shape index (κ2) is 7.91. The molecule has 0 amide bonds. The number of nitrogens with one attached hydrogen (secondary N) is 1. The lowest BCUT2D eigenvalue weighted by Crippen LogP contribution is -2.37. The number of carbonyl (C=O) groups excluding carboxylic acids is 1. The second-order valence-corrected chi connectivity index (χ2v) is 3.49. The molecule has 1 rings (SSSR count). The number of carbonyl (C=O) groups is 1. The summed E-state index contributed by atoms with van der Waals surface area (Å²) in [7, 11) is 0. The highest BCUT2D eigenvalue weighted by molar-refractivity contribution is 5.82. The van der Waals surface area contributed by atoms with E-state index in [1.54, 1.807) is 6.92 Å². The van der Waals surface area contributed by atoms with Gasteiger partial charge >= 0.3 is 0 Å². The van der Waals surface area contributed by atoms with Gasteiger partial charge in [-0.05, 0) is 38.3 Å². The average molecular weight is 223 g/mol. The fourth-order valence-electron chi connectivity index (χ4n) is 1.63. The molecular weight excluding hydrogens is 198 g/mol. The van der Waals surface area contributed by atoms with Crippen LogP contribution in [0.5, 0.6) is 0 Å². The second-order valence-electron chi connectivity index (χ2n) is 3.49. The van der Waals surface area contributed by atoms with Gasteiger partial charge in [-0.15, -0.1) is 0 Å². The highest BCUT2D eigenvalue weighted by Crippen LogP contribution is 2.20. The van der Waals surface area contributed by atoms with Crippen molar-refractivity contribution in [3.05, 3.63) is 36.1 Å². The van der Waals surface area contributed by atoms with Gasteiger partial charge < -0.3 is 5.32 Å². The number of hydrogen-bond donors (Lipinski definition) is 1. The van der Waals surface area contributed by atoms with Gasteiger partial charge in [-0.25, -0.2) is 0 Å². The van der Waals surface area contributed by atoms with Crippen LogP contribution >= 0.6 is 0 Å². The molecule has 16 heavy (non-hydrogen) atoms. The van der Waals surface area contributed by atoms with Crippen molar-refractivity contribution in [2.24, 2.45) is 0 Å². The van der Waals surface area contributed by atoms with Crippen LogP contribution in [0.3, 0.4) is 0 Å². The molecule has 92 valence electrons. The van der Waals surface area contributed by atoms with Gasteiger partial charge in [-0.3, -0.25) is 4.79 Å². The molecular formula is C14H25NO. The van der Waals surface area contributed by atoms with Gasteiger partial charge in [0.25, 0.3) is 0 Å². The van der Waals surface area contributed by atoms with Crippen LogP contribution in [0.15, 0.2) is 36.1 Å². The first-order valence-corrected chi connectivity index (χ1v) is 5.94. The molecule has 0 aromatic carbocycles. The molecule has 0 aromatic rings. The lowest BCUT2D eigenvalue weighted by atomic mass is 9.96. The monoisotopic (exact) mass is 223 g/mol. The third kappa shape index (κ3) is 4.05. The normalized spacial score (nSPS) is 19.9. The maximum absolute atomic E-state index is 11.2. The summed E-state index contributed by atoms with van der Waals surface area (Å²) in [6.45, 7) is 11.4. The molecule has 0 spiro atoms. The number of ketones is 1. The molecule has 2 nitrogen and oxygen atoms in total. The molecule has 0 aliphatic carbocycles. The van der Waals surface area contributed by atoms with Crippen LogP contribution in [-0.2, 0) is 4.79 Å². The SMILES string of the molecule is C=CC1=C(/C=C\C)NC(C(C)=O)CC1.CC.[HH]. The molecule has 0 radical (unpaired) electrons. The van der Waals surface area contributed by atoms with Crippen molar-refractivity contribution in [3.63, 3.8) is 0 Å². The maximum Gasteiger partial charge on any atom is 0.151 e. The fourth-order valence-corrected chi connectivity index (χ4v) is 1.63. The van der Waals surface area contributed by atoms with Crippen LogP contribution in [-0.4, -0.2) is 11.8 Å². The highest BCUT2D eigenvalue weighted by Gasteiger charge is 2.20. The van der Waals surface area contributed by atoms with E-state index in [1.165, 1.54) is 5.57 Å². The summed E-state index contributed by atoms with van der Waals surface area (Å²) in [4.78, 5) is 11.2. The Hall–Kier alpha value is -1.31. The lowest BCUT2D eigenvalue weighted by Gasteiger charge is -2.25. The Kier molecular flexibility index (Phi) is 7.27. The minimum absolute atomic E-state index is 0. The van der Waals surface area contributed by atoms with Crippen molar-refractivity contribution in [1.82, 2.24) is 5.32 Å². The topological polar surface area (TPSA) is 29.1 Å². The van der Waals surface area contributed by atoms with Crippen LogP contribution in [0.1, 0.15) is 42.0 Å². The Bertz CT molecular complexity index is 305. The molecule has 0 saturated carbocycles. The van der Waals surface area contributed by atoms with E-state index in [0.29, 0.717) is 0 Å². The third-order valence-corrected chi connectivity index (χ3v) is 2.45. The van der Waals surface area contributed by atoms with Crippen LogP contribution in [0.2, 0.25) is 0 Å². The van der Waals surface area contributed by atoms with Gasteiger partial charge in [0.2, 0.25) is 0 Å². The van der Waals surface area contributed by atoms with Crippen LogP contribution in [0.25, 0.3) is 0 Å². The zero-order valence-corrected chi connectivity index (χ0v) is 10.8. The molecule has 0 fully saturated rings. The summed E-state index contributed by atoms with van der Waals surface area (Å²) in [5, 5.41) is 3.23. The Balaban J connectivity index is 0. The molecule has 1 N–H and O–H groups in total.